The van der Waals surface area contributed by atoms with E-state index in [-0.39, 0.29) is 5.41 Å². The Morgan fingerprint density at radius 1 is 1.45 bits per heavy atom. The van der Waals surface area contributed by atoms with Gasteiger partial charge >= 0.3 is 0 Å². The number of ether oxygens (including phenoxy) is 1. The van der Waals surface area contributed by atoms with Crippen LogP contribution < -0.4 is 0 Å². The SMILES string of the molecule is COCCn1cncc1CN1CCC[C@@](CO)(CC2CC2)C1. The first kappa shape index (κ1) is 16.0. The van der Waals surface area contributed by atoms with Gasteiger partial charge in [-0.3, -0.25) is 4.90 Å². The topological polar surface area (TPSA) is 50.5 Å². The third kappa shape index (κ3) is 3.89. The van der Waals surface area contributed by atoms with Gasteiger partial charge in [0, 0.05) is 45.0 Å². The van der Waals surface area contributed by atoms with Gasteiger partial charge in [0.15, 0.2) is 0 Å². The second-order valence-electron chi connectivity index (χ2n) is 7.19. The predicted molar refractivity (Wildman–Crippen MR) is 85.5 cm³/mol. The molecule has 5 nitrogen and oxygen atoms in total. The third-order valence-electron chi connectivity index (χ3n) is 5.21. The molecule has 1 atom stereocenters. The Morgan fingerprint density at radius 3 is 3.05 bits per heavy atom. The van der Waals surface area contributed by atoms with Gasteiger partial charge in [-0.05, 0) is 31.7 Å². The minimum absolute atomic E-state index is 0.136. The summed E-state index contributed by atoms with van der Waals surface area (Å²) in [5.41, 5.74) is 1.38. The van der Waals surface area contributed by atoms with Crippen LogP contribution in [-0.2, 0) is 17.8 Å². The quantitative estimate of drug-likeness (QED) is 0.797. The number of aromatic nitrogens is 2. The van der Waals surface area contributed by atoms with Gasteiger partial charge in [0.25, 0.3) is 0 Å². The fourth-order valence-electron chi connectivity index (χ4n) is 3.84. The summed E-state index contributed by atoms with van der Waals surface area (Å²) in [5.74, 6) is 0.874. The molecule has 1 aromatic heterocycles. The number of rotatable bonds is 8. The highest BCUT2D eigenvalue weighted by Gasteiger charge is 2.39. The fourth-order valence-corrected chi connectivity index (χ4v) is 3.84. The van der Waals surface area contributed by atoms with E-state index in [2.05, 4.69) is 14.5 Å². The molecule has 3 rings (SSSR count). The maximum atomic E-state index is 9.97. The summed E-state index contributed by atoms with van der Waals surface area (Å²) in [6.07, 6.45) is 10.2. The van der Waals surface area contributed by atoms with Crippen LogP contribution in [0.15, 0.2) is 12.5 Å². The number of methoxy groups -OCH3 is 1. The van der Waals surface area contributed by atoms with Crippen LogP contribution in [0.2, 0.25) is 0 Å². The number of piperidine rings is 1. The van der Waals surface area contributed by atoms with Crippen LogP contribution in [0.5, 0.6) is 0 Å². The van der Waals surface area contributed by atoms with Crippen LogP contribution in [-0.4, -0.2) is 53.0 Å². The van der Waals surface area contributed by atoms with Gasteiger partial charge in [0.1, 0.15) is 0 Å². The Balaban J connectivity index is 1.61. The molecule has 1 aromatic rings. The smallest absolute Gasteiger partial charge is 0.0949 e. The van der Waals surface area contributed by atoms with Crippen molar-refractivity contribution in [1.29, 1.82) is 0 Å². The van der Waals surface area contributed by atoms with E-state index in [0.717, 1.165) is 32.1 Å². The molecule has 1 aliphatic carbocycles. The molecule has 124 valence electrons. The Bertz CT molecular complexity index is 472. The van der Waals surface area contributed by atoms with E-state index in [9.17, 15) is 5.11 Å². The predicted octanol–water partition coefficient (Wildman–Crippen LogP) is 1.90. The van der Waals surface area contributed by atoms with E-state index < -0.39 is 0 Å². The minimum Gasteiger partial charge on any atom is -0.396 e. The second kappa shape index (κ2) is 7.11. The van der Waals surface area contributed by atoms with Crippen molar-refractivity contribution in [2.45, 2.75) is 45.2 Å². The molecule has 0 amide bonds. The number of likely N-dealkylation sites (tertiary alicyclic amines) is 1. The lowest BCUT2D eigenvalue weighted by molar-refractivity contribution is 0.0170. The third-order valence-corrected chi connectivity index (χ3v) is 5.21. The highest BCUT2D eigenvalue weighted by atomic mass is 16.5. The molecular formula is C17H29N3O2. The maximum Gasteiger partial charge on any atom is 0.0949 e. The van der Waals surface area contributed by atoms with Crippen molar-refractivity contribution in [1.82, 2.24) is 14.5 Å². The average Bonchev–Trinajstić information content (AvgIpc) is 3.23. The van der Waals surface area contributed by atoms with Crippen LogP contribution in [0.1, 0.15) is 37.8 Å². The van der Waals surface area contributed by atoms with Gasteiger partial charge in [-0.2, -0.15) is 0 Å². The number of imidazole rings is 1. The summed E-state index contributed by atoms with van der Waals surface area (Å²) in [6, 6.07) is 0. The Kier molecular flexibility index (Phi) is 5.16. The van der Waals surface area contributed by atoms with Crippen LogP contribution in [0.25, 0.3) is 0 Å². The van der Waals surface area contributed by atoms with Crippen molar-refractivity contribution in [3.05, 3.63) is 18.2 Å². The van der Waals surface area contributed by atoms with Gasteiger partial charge in [0.05, 0.1) is 18.6 Å². The number of hydrogen-bond acceptors (Lipinski definition) is 4. The van der Waals surface area contributed by atoms with Crippen LogP contribution >= 0.6 is 0 Å². The molecule has 2 heterocycles. The number of nitrogens with zero attached hydrogens (tertiary/aromatic N) is 3. The van der Waals surface area contributed by atoms with Gasteiger partial charge in [-0.25, -0.2) is 4.98 Å². The number of hydrogen-bond donors (Lipinski definition) is 1. The van der Waals surface area contributed by atoms with Gasteiger partial charge in [-0.15, -0.1) is 0 Å². The van der Waals surface area contributed by atoms with Gasteiger partial charge in [-0.1, -0.05) is 12.8 Å². The standard InChI is InChI=1S/C17H29N3O2/c1-22-8-7-20-14-18-10-16(20)11-19-6-2-5-17(12-19,13-21)9-15-3-4-15/h10,14-15,21H,2-9,11-13H2,1H3/t17-/m1/s1. The molecule has 1 saturated heterocycles. The first-order chi connectivity index (χ1) is 10.7. The largest absolute Gasteiger partial charge is 0.396 e. The normalized spacial score (nSPS) is 26.5. The lowest BCUT2D eigenvalue weighted by atomic mass is 9.76. The molecule has 0 spiro atoms. The molecule has 0 aromatic carbocycles. The van der Waals surface area contributed by atoms with Crippen molar-refractivity contribution in [3.8, 4) is 0 Å². The van der Waals surface area contributed by atoms with Gasteiger partial charge < -0.3 is 14.4 Å². The zero-order valence-electron chi connectivity index (χ0n) is 13.7. The first-order valence-corrected chi connectivity index (χ1v) is 8.56. The monoisotopic (exact) mass is 307 g/mol. The highest BCUT2D eigenvalue weighted by Crippen LogP contribution is 2.44. The average molecular weight is 307 g/mol. The summed E-state index contributed by atoms with van der Waals surface area (Å²) in [5, 5.41) is 9.97. The maximum absolute atomic E-state index is 9.97. The minimum atomic E-state index is 0.136. The summed E-state index contributed by atoms with van der Waals surface area (Å²) < 4.78 is 7.35. The molecule has 1 aliphatic heterocycles. The van der Waals surface area contributed by atoms with Crippen LogP contribution in [0, 0.1) is 11.3 Å². The molecule has 1 N–H and O–H groups in total. The molecule has 0 radical (unpaired) electrons. The fraction of sp³-hybridized carbons (Fsp3) is 0.824. The molecule has 0 unspecified atom stereocenters. The Hall–Kier alpha value is -0.910. The van der Waals surface area contributed by atoms with Crippen LogP contribution in [0.4, 0.5) is 0 Å². The second-order valence-corrected chi connectivity index (χ2v) is 7.19. The van der Waals surface area contributed by atoms with Crippen molar-refractivity contribution in [3.63, 3.8) is 0 Å². The summed E-state index contributed by atoms with van der Waals surface area (Å²) in [7, 11) is 1.73. The van der Waals surface area contributed by atoms with Crippen molar-refractivity contribution >= 4 is 0 Å². The number of aliphatic hydroxyl groups excluding tert-OH is 1. The zero-order valence-corrected chi connectivity index (χ0v) is 13.7. The lowest BCUT2D eigenvalue weighted by Crippen LogP contribution is -2.45. The molecular weight excluding hydrogens is 278 g/mol. The van der Waals surface area contributed by atoms with E-state index in [1.54, 1.807) is 7.11 Å². The summed E-state index contributed by atoms with van der Waals surface area (Å²) >= 11 is 0. The summed E-state index contributed by atoms with van der Waals surface area (Å²) in [6.45, 7) is 4.98. The van der Waals surface area contributed by atoms with E-state index in [0.29, 0.717) is 13.2 Å². The zero-order chi connectivity index (χ0) is 15.4. The Labute approximate surface area is 133 Å². The molecule has 0 bridgehead atoms. The van der Waals surface area contributed by atoms with E-state index >= 15 is 0 Å². The van der Waals surface area contributed by atoms with E-state index in [1.807, 2.05) is 12.5 Å². The molecule has 1 saturated carbocycles. The molecule has 22 heavy (non-hydrogen) atoms. The van der Waals surface area contributed by atoms with Crippen molar-refractivity contribution in [2.24, 2.45) is 11.3 Å². The van der Waals surface area contributed by atoms with Gasteiger partial charge in [0.2, 0.25) is 0 Å². The lowest BCUT2D eigenvalue weighted by Gasteiger charge is -2.42. The van der Waals surface area contributed by atoms with Crippen molar-refractivity contribution < 1.29 is 9.84 Å². The molecule has 2 aliphatic rings. The first-order valence-electron chi connectivity index (χ1n) is 8.56. The summed E-state index contributed by atoms with van der Waals surface area (Å²) in [4.78, 5) is 6.79. The highest BCUT2D eigenvalue weighted by molar-refractivity contribution is 5.00. The molecule has 2 fully saturated rings. The van der Waals surface area contributed by atoms with Crippen LogP contribution in [0.3, 0.4) is 0 Å². The van der Waals surface area contributed by atoms with Crippen molar-refractivity contribution in [2.75, 3.05) is 33.4 Å². The number of aliphatic hydroxyl groups is 1. The molecule has 5 heteroatoms. The van der Waals surface area contributed by atoms with E-state index in [4.69, 9.17) is 4.74 Å². The van der Waals surface area contributed by atoms with E-state index in [1.165, 1.54) is 37.8 Å². The Morgan fingerprint density at radius 2 is 2.32 bits per heavy atom.